The van der Waals surface area contributed by atoms with Crippen molar-refractivity contribution in [2.45, 2.75) is 6.18 Å². The normalized spacial score (nSPS) is 18.9. The van der Waals surface area contributed by atoms with Gasteiger partial charge in [0.25, 0.3) is 0 Å². The van der Waals surface area contributed by atoms with Gasteiger partial charge in [0.05, 0.1) is 13.2 Å². The molecule has 3 nitrogen and oxygen atoms in total. The van der Waals surface area contributed by atoms with Crippen LogP contribution in [-0.2, 0) is 9.53 Å². The first kappa shape index (κ1) is 11.0. The van der Waals surface area contributed by atoms with Gasteiger partial charge < -0.3 is 9.64 Å². The molecule has 80 valence electrons. The van der Waals surface area contributed by atoms with E-state index in [1.807, 2.05) is 0 Å². The summed E-state index contributed by atoms with van der Waals surface area (Å²) >= 11 is 0. The van der Waals surface area contributed by atoms with Crippen LogP contribution < -0.4 is 0 Å². The molecule has 0 atom stereocenters. The number of hydrogen-bond donors (Lipinski definition) is 0. The van der Waals surface area contributed by atoms with Gasteiger partial charge in [0, 0.05) is 25.2 Å². The van der Waals surface area contributed by atoms with Crippen molar-refractivity contribution < 1.29 is 22.7 Å². The Morgan fingerprint density at radius 2 is 1.86 bits per heavy atom. The van der Waals surface area contributed by atoms with E-state index in [-0.39, 0.29) is 6.08 Å². The van der Waals surface area contributed by atoms with Gasteiger partial charge in [-0.05, 0) is 0 Å². The van der Waals surface area contributed by atoms with E-state index in [4.69, 9.17) is 4.74 Å². The minimum absolute atomic E-state index is 0.0508. The number of carbonyl (C=O) groups excluding carboxylic acids is 1. The molecule has 1 rings (SSSR count). The summed E-state index contributed by atoms with van der Waals surface area (Å²) in [6.07, 6.45) is -3.93. The number of amides is 1. The largest absolute Gasteiger partial charge is 0.409 e. The monoisotopic (exact) mass is 209 g/mol. The Balaban J connectivity index is 2.44. The first-order valence-electron chi connectivity index (χ1n) is 4.12. The molecule has 0 saturated carbocycles. The molecule has 1 heterocycles. The lowest BCUT2D eigenvalue weighted by Crippen LogP contribution is -2.39. The molecule has 0 radical (unpaired) electrons. The summed E-state index contributed by atoms with van der Waals surface area (Å²) < 4.78 is 40.1. The second-order valence-corrected chi connectivity index (χ2v) is 2.81. The fourth-order valence-corrected chi connectivity index (χ4v) is 1.05. The van der Waals surface area contributed by atoms with Crippen molar-refractivity contribution in [2.24, 2.45) is 0 Å². The highest BCUT2D eigenvalue weighted by Crippen LogP contribution is 2.16. The number of morpholine rings is 1. The molecule has 1 amide bonds. The van der Waals surface area contributed by atoms with Gasteiger partial charge in [-0.15, -0.1) is 0 Å². The predicted octanol–water partition coefficient (Wildman–Crippen LogP) is 0.964. The quantitative estimate of drug-likeness (QED) is 0.602. The van der Waals surface area contributed by atoms with Crippen LogP contribution in [0.4, 0.5) is 13.2 Å². The Kier molecular flexibility index (Phi) is 3.51. The minimum atomic E-state index is -4.43. The van der Waals surface area contributed by atoms with E-state index in [0.717, 1.165) is 0 Å². The van der Waals surface area contributed by atoms with Gasteiger partial charge in [-0.2, -0.15) is 13.2 Å². The van der Waals surface area contributed by atoms with Crippen LogP contribution in [0.25, 0.3) is 0 Å². The average Bonchev–Trinajstić information content (AvgIpc) is 2.14. The SMILES string of the molecule is O=C(/C=C/C(F)(F)F)N1CCOCC1. The van der Waals surface area contributed by atoms with Gasteiger partial charge >= 0.3 is 6.18 Å². The number of alkyl halides is 3. The molecular formula is C8H10F3NO2. The Morgan fingerprint density at radius 1 is 1.29 bits per heavy atom. The number of ether oxygens (including phenoxy) is 1. The van der Waals surface area contributed by atoms with Gasteiger partial charge in [-0.1, -0.05) is 0 Å². The number of nitrogens with zero attached hydrogens (tertiary/aromatic N) is 1. The highest BCUT2D eigenvalue weighted by molar-refractivity contribution is 5.87. The molecule has 0 spiro atoms. The maximum absolute atomic E-state index is 11.7. The molecule has 0 aromatic carbocycles. The van der Waals surface area contributed by atoms with Crippen molar-refractivity contribution in [1.29, 1.82) is 0 Å². The zero-order chi connectivity index (χ0) is 10.6. The van der Waals surface area contributed by atoms with Crippen LogP contribution >= 0.6 is 0 Å². The maximum Gasteiger partial charge on any atom is 0.409 e. The predicted molar refractivity (Wildman–Crippen MR) is 42.6 cm³/mol. The van der Waals surface area contributed by atoms with Crippen LogP contribution in [0, 0.1) is 0 Å². The summed E-state index contributed by atoms with van der Waals surface area (Å²) in [5, 5.41) is 0. The van der Waals surface area contributed by atoms with E-state index in [9.17, 15) is 18.0 Å². The number of halogens is 3. The molecule has 0 aromatic heterocycles. The van der Waals surface area contributed by atoms with Crippen molar-refractivity contribution in [3.8, 4) is 0 Å². The van der Waals surface area contributed by atoms with E-state index < -0.39 is 12.1 Å². The Morgan fingerprint density at radius 3 is 2.36 bits per heavy atom. The number of rotatable bonds is 1. The van der Waals surface area contributed by atoms with Crippen LogP contribution in [0.2, 0.25) is 0 Å². The van der Waals surface area contributed by atoms with E-state index in [1.165, 1.54) is 4.90 Å². The summed E-state index contributed by atoms with van der Waals surface area (Å²) in [5.74, 6) is -0.620. The highest BCUT2D eigenvalue weighted by Gasteiger charge is 2.23. The summed E-state index contributed by atoms with van der Waals surface area (Å²) in [7, 11) is 0. The van der Waals surface area contributed by atoms with Gasteiger partial charge in [0.1, 0.15) is 0 Å². The molecule has 0 aromatic rings. The lowest BCUT2D eigenvalue weighted by molar-refractivity contribution is -0.130. The summed E-state index contributed by atoms with van der Waals surface area (Å²) in [6.45, 7) is 1.46. The summed E-state index contributed by atoms with van der Waals surface area (Å²) in [5.41, 5.74) is 0. The molecule has 1 aliphatic heterocycles. The Bertz CT molecular complexity index is 231. The van der Waals surface area contributed by atoms with E-state index >= 15 is 0 Å². The zero-order valence-electron chi connectivity index (χ0n) is 7.38. The van der Waals surface area contributed by atoms with Crippen LogP contribution in [0.15, 0.2) is 12.2 Å². The zero-order valence-corrected chi connectivity index (χ0v) is 7.38. The van der Waals surface area contributed by atoms with Crippen molar-refractivity contribution >= 4 is 5.91 Å². The third-order valence-electron chi connectivity index (χ3n) is 1.74. The molecule has 1 aliphatic rings. The number of carbonyl (C=O) groups is 1. The lowest BCUT2D eigenvalue weighted by atomic mass is 10.3. The minimum Gasteiger partial charge on any atom is -0.378 e. The summed E-state index contributed by atoms with van der Waals surface area (Å²) in [4.78, 5) is 12.5. The molecule has 1 saturated heterocycles. The molecule has 1 fully saturated rings. The van der Waals surface area contributed by atoms with Crippen molar-refractivity contribution in [3.05, 3.63) is 12.2 Å². The second kappa shape index (κ2) is 4.45. The highest BCUT2D eigenvalue weighted by atomic mass is 19.4. The molecule has 6 heteroatoms. The van der Waals surface area contributed by atoms with Gasteiger partial charge in [0.2, 0.25) is 5.91 Å². The number of hydrogen-bond acceptors (Lipinski definition) is 2. The van der Waals surface area contributed by atoms with Crippen LogP contribution in [0.3, 0.4) is 0 Å². The number of allylic oxidation sites excluding steroid dienone is 1. The standard InChI is InChI=1S/C8H10F3NO2/c9-8(10,11)2-1-7(13)12-3-5-14-6-4-12/h1-2H,3-6H2/b2-1+. The third kappa shape index (κ3) is 3.78. The first-order valence-corrected chi connectivity index (χ1v) is 4.12. The van der Waals surface area contributed by atoms with E-state index in [1.54, 1.807) is 0 Å². The van der Waals surface area contributed by atoms with E-state index in [2.05, 4.69) is 0 Å². The molecule has 0 bridgehead atoms. The van der Waals surface area contributed by atoms with E-state index in [0.29, 0.717) is 32.4 Å². The lowest BCUT2D eigenvalue weighted by Gasteiger charge is -2.25. The van der Waals surface area contributed by atoms with Crippen molar-refractivity contribution in [2.75, 3.05) is 26.3 Å². The second-order valence-electron chi connectivity index (χ2n) is 2.81. The fraction of sp³-hybridized carbons (Fsp3) is 0.625. The molecule has 0 aliphatic carbocycles. The molecule has 0 N–H and O–H groups in total. The molecular weight excluding hydrogens is 199 g/mol. The molecule has 0 unspecified atom stereocenters. The van der Waals surface area contributed by atoms with Gasteiger partial charge in [-0.3, -0.25) is 4.79 Å². The van der Waals surface area contributed by atoms with Gasteiger partial charge in [-0.25, -0.2) is 0 Å². The maximum atomic E-state index is 11.7. The topological polar surface area (TPSA) is 29.5 Å². The fourth-order valence-electron chi connectivity index (χ4n) is 1.05. The Hall–Kier alpha value is -1.04. The van der Waals surface area contributed by atoms with Crippen LogP contribution in [-0.4, -0.2) is 43.3 Å². The first-order chi connectivity index (χ1) is 6.49. The van der Waals surface area contributed by atoms with Crippen LogP contribution in [0.1, 0.15) is 0 Å². The smallest absolute Gasteiger partial charge is 0.378 e. The van der Waals surface area contributed by atoms with Gasteiger partial charge in [0.15, 0.2) is 0 Å². The van der Waals surface area contributed by atoms with Crippen molar-refractivity contribution in [3.63, 3.8) is 0 Å². The summed E-state index contributed by atoms with van der Waals surface area (Å²) in [6, 6.07) is 0. The van der Waals surface area contributed by atoms with Crippen LogP contribution in [0.5, 0.6) is 0 Å². The third-order valence-corrected chi connectivity index (χ3v) is 1.74. The average molecular weight is 209 g/mol. The Labute approximate surface area is 79.1 Å². The molecule has 14 heavy (non-hydrogen) atoms. The van der Waals surface area contributed by atoms with Crippen molar-refractivity contribution in [1.82, 2.24) is 4.90 Å².